The van der Waals surface area contributed by atoms with Gasteiger partial charge >= 0.3 is 0 Å². The summed E-state index contributed by atoms with van der Waals surface area (Å²) in [5.41, 5.74) is 2.26. The molecule has 0 aromatic carbocycles. The van der Waals surface area contributed by atoms with Crippen LogP contribution in [0.4, 0.5) is 0 Å². The molecule has 2 heterocycles. The van der Waals surface area contributed by atoms with Gasteiger partial charge in [0.05, 0.1) is 13.3 Å². The van der Waals surface area contributed by atoms with Gasteiger partial charge < -0.3 is 4.74 Å². The molecule has 0 bridgehead atoms. The highest BCUT2D eigenvalue weighted by atomic mass is 16.5. The number of pyridine rings is 1. The Kier molecular flexibility index (Phi) is 3.19. The van der Waals surface area contributed by atoms with Crippen LogP contribution in [0.5, 0.6) is 5.88 Å². The molecular weight excluding hydrogens is 202 g/mol. The first-order valence-electron chi connectivity index (χ1n) is 5.32. The highest BCUT2D eigenvalue weighted by molar-refractivity contribution is 5.30. The van der Waals surface area contributed by atoms with Gasteiger partial charge in [-0.15, -0.1) is 0 Å². The Hall–Kier alpha value is -1.84. The monoisotopic (exact) mass is 217 g/mol. The average molecular weight is 217 g/mol. The second-order valence-electron chi connectivity index (χ2n) is 3.55. The number of ether oxygens (including phenoxy) is 1. The highest BCUT2D eigenvalue weighted by Gasteiger charge is 2.05. The lowest BCUT2D eigenvalue weighted by molar-refractivity contribution is 0.393. The second kappa shape index (κ2) is 4.79. The summed E-state index contributed by atoms with van der Waals surface area (Å²) in [6.07, 6.45) is 6.47. The van der Waals surface area contributed by atoms with Gasteiger partial charge in [0.1, 0.15) is 0 Å². The van der Waals surface area contributed by atoms with Crippen molar-refractivity contribution in [2.24, 2.45) is 0 Å². The van der Waals surface area contributed by atoms with E-state index in [9.17, 15) is 0 Å². The number of methoxy groups -OCH3 is 1. The van der Waals surface area contributed by atoms with Crippen molar-refractivity contribution in [3.05, 3.63) is 41.9 Å². The number of hydrogen-bond acceptors (Lipinski definition) is 3. The highest BCUT2D eigenvalue weighted by Crippen LogP contribution is 2.17. The zero-order chi connectivity index (χ0) is 11.4. The fraction of sp³-hybridized carbons (Fsp3) is 0.333. The van der Waals surface area contributed by atoms with E-state index >= 15 is 0 Å². The molecule has 84 valence electrons. The number of nitrogens with zero attached hydrogens (tertiary/aromatic N) is 3. The largest absolute Gasteiger partial charge is 0.481 e. The van der Waals surface area contributed by atoms with E-state index in [1.54, 1.807) is 13.3 Å². The fourth-order valence-electron chi connectivity index (χ4n) is 1.63. The van der Waals surface area contributed by atoms with E-state index in [0.717, 1.165) is 18.5 Å². The van der Waals surface area contributed by atoms with Crippen molar-refractivity contribution in [2.45, 2.75) is 19.9 Å². The molecule has 0 aliphatic heterocycles. The summed E-state index contributed by atoms with van der Waals surface area (Å²) >= 11 is 0. The average Bonchev–Trinajstić information content (AvgIpc) is 2.77. The molecule has 0 spiro atoms. The third kappa shape index (κ3) is 2.21. The van der Waals surface area contributed by atoms with Gasteiger partial charge in [-0.1, -0.05) is 6.07 Å². The molecule has 16 heavy (non-hydrogen) atoms. The van der Waals surface area contributed by atoms with E-state index in [1.807, 2.05) is 29.2 Å². The first-order chi connectivity index (χ1) is 7.83. The molecule has 0 unspecified atom stereocenters. The molecule has 2 aromatic rings. The Morgan fingerprint density at radius 2 is 2.31 bits per heavy atom. The Labute approximate surface area is 94.9 Å². The van der Waals surface area contributed by atoms with Crippen molar-refractivity contribution < 1.29 is 4.74 Å². The van der Waals surface area contributed by atoms with Crippen LogP contribution < -0.4 is 4.74 Å². The second-order valence-corrected chi connectivity index (χ2v) is 3.55. The summed E-state index contributed by atoms with van der Waals surface area (Å²) in [7, 11) is 1.64. The molecule has 2 rings (SSSR count). The lowest BCUT2D eigenvalue weighted by atomic mass is 10.1. The lowest BCUT2D eigenvalue weighted by Crippen LogP contribution is -1.95. The van der Waals surface area contributed by atoms with Gasteiger partial charge in [0, 0.05) is 30.9 Å². The molecule has 0 saturated heterocycles. The Balaban J connectivity index is 2.19. The van der Waals surface area contributed by atoms with Gasteiger partial charge in [-0.2, -0.15) is 5.10 Å². The van der Waals surface area contributed by atoms with Crippen LogP contribution >= 0.6 is 0 Å². The fourth-order valence-corrected chi connectivity index (χ4v) is 1.63. The van der Waals surface area contributed by atoms with Gasteiger partial charge in [0.25, 0.3) is 0 Å². The van der Waals surface area contributed by atoms with Gasteiger partial charge in [0.2, 0.25) is 5.88 Å². The van der Waals surface area contributed by atoms with Crippen LogP contribution in [-0.4, -0.2) is 21.9 Å². The minimum Gasteiger partial charge on any atom is -0.481 e. The zero-order valence-corrected chi connectivity index (χ0v) is 9.55. The van der Waals surface area contributed by atoms with E-state index < -0.39 is 0 Å². The van der Waals surface area contributed by atoms with Crippen molar-refractivity contribution in [3.8, 4) is 5.88 Å². The normalized spacial score (nSPS) is 10.4. The number of rotatable bonds is 4. The summed E-state index contributed by atoms with van der Waals surface area (Å²) in [6.45, 7) is 2.96. The molecule has 0 aliphatic rings. The molecule has 0 fully saturated rings. The number of hydrogen-bond donors (Lipinski definition) is 0. The molecule has 0 aliphatic carbocycles. The van der Waals surface area contributed by atoms with Crippen LogP contribution in [0.15, 0.2) is 30.7 Å². The standard InChI is InChI=1S/C12H15N3O/c1-3-15-9-10(8-14-15)7-11-5-4-6-13-12(11)16-2/h4-6,8-9H,3,7H2,1-2H3. The van der Waals surface area contributed by atoms with Crippen LogP contribution in [-0.2, 0) is 13.0 Å². The predicted molar refractivity (Wildman–Crippen MR) is 61.5 cm³/mol. The van der Waals surface area contributed by atoms with Crippen LogP contribution in [0.1, 0.15) is 18.1 Å². The third-order valence-corrected chi connectivity index (χ3v) is 2.45. The maximum Gasteiger partial charge on any atom is 0.216 e. The summed E-state index contributed by atoms with van der Waals surface area (Å²) in [5.74, 6) is 0.687. The van der Waals surface area contributed by atoms with Crippen molar-refractivity contribution in [1.82, 2.24) is 14.8 Å². The summed E-state index contributed by atoms with van der Waals surface area (Å²) < 4.78 is 7.13. The number of aromatic nitrogens is 3. The molecule has 2 aromatic heterocycles. The zero-order valence-electron chi connectivity index (χ0n) is 9.55. The minimum absolute atomic E-state index is 0.687. The van der Waals surface area contributed by atoms with E-state index in [1.165, 1.54) is 5.56 Å². The van der Waals surface area contributed by atoms with Gasteiger partial charge in [-0.25, -0.2) is 4.98 Å². The van der Waals surface area contributed by atoms with Crippen LogP contribution in [0.2, 0.25) is 0 Å². The smallest absolute Gasteiger partial charge is 0.216 e. The number of aryl methyl sites for hydroxylation is 1. The van der Waals surface area contributed by atoms with Crippen molar-refractivity contribution in [3.63, 3.8) is 0 Å². The maximum absolute atomic E-state index is 5.21. The van der Waals surface area contributed by atoms with Gasteiger partial charge in [-0.3, -0.25) is 4.68 Å². The van der Waals surface area contributed by atoms with Crippen LogP contribution in [0.25, 0.3) is 0 Å². The molecule has 0 atom stereocenters. The molecular formula is C12H15N3O. The van der Waals surface area contributed by atoms with Crippen molar-refractivity contribution in [1.29, 1.82) is 0 Å². The molecule has 0 radical (unpaired) electrons. The van der Waals surface area contributed by atoms with Crippen molar-refractivity contribution >= 4 is 0 Å². The SMILES string of the molecule is CCn1cc(Cc2cccnc2OC)cn1. The molecule has 4 nitrogen and oxygen atoms in total. The van der Waals surface area contributed by atoms with E-state index in [2.05, 4.69) is 17.0 Å². The lowest BCUT2D eigenvalue weighted by Gasteiger charge is -2.04. The van der Waals surface area contributed by atoms with Gasteiger partial charge in [0.15, 0.2) is 0 Å². The molecule has 4 heteroatoms. The summed E-state index contributed by atoms with van der Waals surface area (Å²) in [6, 6.07) is 3.94. The van der Waals surface area contributed by atoms with E-state index in [4.69, 9.17) is 4.74 Å². The summed E-state index contributed by atoms with van der Waals surface area (Å²) in [5, 5.41) is 4.24. The Morgan fingerprint density at radius 1 is 1.44 bits per heavy atom. The first-order valence-corrected chi connectivity index (χ1v) is 5.32. The predicted octanol–water partition coefficient (Wildman–Crippen LogP) is 1.90. The third-order valence-electron chi connectivity index (χ3n) is 2.45. The molecule has 0 N–H and O–H groups in total. The summed E-state index contributed by atoms with van der Waals surface area (Å²) in [4.78, 5) is 4.17. The Bertz CT molecular complexity index is 465. The molecule has 0 saturated carbocycles. The topological polar surface area (TPSA) is 39.9 Å². The molecule has 0 amide bonds. The quantitative estimate of drug-likeness (QED) is 0.785. The van der Waals surface area contributed by atoms with E-state index in [-0.39, 0.29) is 0 Å². The van der Waals surface area contributed by atoms with Crippen LogP contribution in [0, 0.1) is 0 Å². The minimum atomic E-state index is 0.687. The van der Waals surface area contributed by atoms with Crippen molar-refractivity contribution in [2.75, 3.05) is 7.11 Å². The van der Waals surface area contributed by atoms with E-state index in [0.29, 0.717) is 5.88 Å². The first kappa shape index (κ1) is 10.7. The maximum atomic E-state index is 5.21. The Morgan fingerprint density at radius 3 is 3.00 bits per heavy atom. The van der Waals surface area contributed by atoms with Crippen LogP contribution in [0.3, 0.4) is 0 Å². The van der Waals surface area contributed by atoms with Gasteiger partial charge in [-0.05, 0) is 18.6 Å².